The fourth-order valence-corrected chi connectivity index (χ4v) is 6.42. The van der Waals surface area contributed by atoms with Gasteiger partial charge in [0.1, 0.15) is 22.9 Å². The summed E-state index contributed by atoms with van der Waals surface area (Å²) in [5.41, 5.74) is 0.280. The van der Waals surface area contributed by atoms with E-state index in [9.17, 15) is 39.6 Å². The predicted molar refractivity (Wildman–Crippen MR) is 134 cm³/mol. The van der Waals surface area contributed by atoms with Crippen LogP contribution in [-0.4, -0.2) is 73.9 Å². The van der Waals surface area contributed by atoms with Crippen molar-refractivity contribution >= 4 is 29.1 Å². The molecule has 0 saturated carbocycles. The number of phenolic OH excluding ortho intramolecular Hbond substituents is 1. The van der Waals surface area contributed by atoms with Crippen LogP contribution in [0.2, 0.25) is 0 Å². The van der Waals surface area contributed by atoms with Gasteiger partial charge in [0.25, 0.3) is 5.91 Å². The number of hydrogen-bond acceptors (Lipinski definition) is 9. The Balaban J connectivity index is 1.49. The van der Waals surface area contributed by atoms with E-state index in [-0.39, 0.29) is 37.1 Å². The molecule has 1 aromatic rings. The molecule has 39 heavy (non-hydrogen) atoms. The maximum absolute atomic E-state index is 15.3. The molecule has 0 radical (unpaired) electrons. The topological polar surface area (TPSA) is 190 Å². The molecule has 11 nitrogen and oxygen atoms in total. The molecule has 1 aliphatic heterocycles. The highest BCUT2D eigenvalue weighted by Crippen LogP contribution is 2.52. The SMILES string of the molecule is NC(=O)C1=C(O)C[C@@H]2CC3Cc4c(F)cc(NC(=O)CN5CCCCCC5)c(O)c4C(=O)C3=C(O)[C@]2(O)C1=O. The standard InChI is InChI=1S/C27H30FN3O8/c28-15-10-16(30-18(33)11-31-5-3-1-2-4-6-31)22(34)20-14(15)8-12-7-13-9-17(32)21(26(29)38)25(37)27(13,39)24(36)19(12)23(20)35/h10,12-13,32,34,36,39H,1-9,11H2,(H2,29,38)(H,30,33)/t12?,13-,27-/m0/s1. The summed E-state index contributed by atoms with van der Waals surface area (Å²) in [6, 6.07) is 0.938. The summed E-state index contributed by atoms with van der Waals surface area (Å²) in [6.45, 7) is 1.50. The van der Waals surface area contributed by atoms with Gasteiger partial charge in [0.2, 0.25) is 11.7 Å². The summed E-state index contributed by atoms with van der Waals surface area (Å²) >= 11 is 0. The first-order valence-electron chi connectivity index (χ1n) is 13.0. The number of likely N-dealkylation sites (tertiary alicyclic amines) is 1. The van der Waals surface area contributed by atoms with Crippen LogP contribution in [0, 0.1) is 17.7 Å². The summed E-state index contributed by atoms with van der Waals surface area (Å²) in [5, 5.41) is 46.0. The van der Waals surface area contributed by atoms with Crippen molar-refractivity contribution in [3.63, 3.8) is 0 Å². The van der Waals surface area contributed by atoms with Crippen molar-refractivity contribution < 1.29 is 44.0 Å². The Bertz CT molecular complexity index is 1360. The molecule has 3 atom stereocenters. The molecule has 1 heterocycles. The number of rotatable bonds is 4. The lowest BCUT2D eigenvalue weighted by Crippen LogP contribution is -2.57. The van der Waals surface area contributed by atoms with Gasteiger partial charge in [0.15, 0.2) is 17.1 Å². The van der Waals surface area contributed by atoms with Gasteiger partial charge in [-0.05, 0) is 44.7 Å². The molecule has 4 aliphatic rings. The molecule has 12 heteroatoms. The van der Waals surface area contributed by atoms with Crippen LogP contribution in [0.4, 0.5) is 10.1 Å². The molecule has 3 aliphatic carbocycles. The van der Waals surface area contributed by atoms with Gasteiger partial charge in [0, 0.05) is 29.5 Å². The number of nitrogens with zero attached hydrogens (tertiary/aromatic N) is 1. The van der Waals surface area contributed by atoms with E-state index in [1.54, 1.807) is 0 Å². The number of carbonyl (C=O) groups is 4. The summed E-state index contributed by atoms with van der Waals surface area (Å²) in [5.74, 6) is -9.30. The number of nitrogens with one attached hydrogen (secondary N) is 1. The van der Waals surface area contributed by atoms with Crippen LogP contribution in [0.5, 0.6) is 5.75 Å². The number of aromatic hydroxyl groups is 1. The molecular weight excluding hydrogens is 513 g/mol. The molecule has 0 spiro atoms. The number of Topliss-reactive ketones (excluding diaryl/α,β-unsaturated/α-hetero) is 2. The third-order valence-electron chi connectivity index (χ3n) is 8.35. The van der Waals surface area contributed by atoms with Gasteiger partial charge < -0.3 is 31.5 Å². The number of anilines is 1. The number of benzene rings is 1. The number of fused-ring (bicyclic) bond motifs is 3. The molecule has 1 aromatic carbocycles. The summed E-state index contributed by atoms with van der Waals surface area (Å²) in [7, 11) is 0. The van der Waals surface area contributed by atoms with E-state index in [1.165, 1.54) is 0 Å². The Morgan fingerprint density at radius 2 is 1.77 bits per heavy atom. The van der Waals surface area contributed by atoms with Crippen LogP contribution in [0.1, 0.15) is 54.4 Å². The van der Waals surface area contributed by atoms with Gasteiger partial charge in [-0.1, -0.05) is 12.8 Å². The molecule has 5 rings (SSSR count). The second-order valence-electron chi connectivity index (χ2n) is 10.8. The zero-order valence-electron chi connectivity index (χ0n) is 21.1. The third-order valence-corrected chi connectivity index (χ3v) is 8.35. The normalized spacial score (nSPS) is 27.4. The number of amides is 2. The van der Waals surface area contributed by atoms with Crippen molar-refractivity contribution in [1.82, 2.24) is 4.90 Å². The number of ketones is 2. The van der Waals surface area contributed by atoms with Gasteiger partial charge >= 0.3 is 0 Å². The van der Waals surface area contributed by atoms with Crippen molar-refractivity contribution in [3.05, 3.63) is 45.7 Å². The van der Waals surface area contributed by atoms with Crippen molar-refractivity contribution in [1.29, 1.82) is 0 Å². The zero-order chi connectivity index (χ0) is 28.2. The quantitative estimate of drug-likeness (QED) is 0.241. The first kappa shape index (κ1) is 26.8. The monoisotopic (exact) mass is 543 g/mol. The molecule has 1 fully saturated rings. The minimum Gasteiger partial charge on any atom is -0.511 e. The lowest BCUT2D eigenvalue weighted by molar-refractivity contribution is -0.144. The Morgan fingerprint density at radius 1 is 1.10 bits per heavy atom. The van der Waals surface area contributed by atoms with Gasteiger partial charge in [-0.25, -0.2) is 4.39 Å². The van der Waals surface area contributed by atoms with E-state index in [0.29, 0.717) is 0 Å². The number of aliphatic hydroxyl groups is 3. The highest BCUT2D eigenvalue weighted by Gasteiger charge is 2.59. The van der Waals surface area contributed by atoms with Crippen molar-refractivity contribution in [2.45, 2.75) is 50.5 Å². The minimum absolute atomic E-state index is 0.0270. The van der Waals surface area contributed by atoms with Crippen LogP contribution < -0.4 is 11.1 Å². The third kappa shape index (κ3) is 4.27. The fraction of sp³-hybridized carbons (Fsp3) is 0.481. The average molecular weight is 544 g/mol. The number of aliphatic hydroxyl groups excluding tert-OH is 2. The molecule has 0 aromatic heterocycles. The summed E-state index contributed by atoms with van der Waals surface area (Å²) in [6.07, 6.45) is 3.42. The van der Waals surface area contributed by atoms with E-state index >= 15 is 4.39 Å². The highest BCUT2D eigenvalue weighted by molar-refractivity contribution is 6.24. The molecule has 2 amide bonds. The Hall–Kier alpha value is -3.77. The first-order chi connectivity index (χ1) is 18.4. The average Bonchev–Trinajstić information content (AvgIpc) is 3.12. The maximum atomic E-state index is 15.3. The van der Waals surface area contributed by atoms with Gasteiger partial charge in [-0.15, -0.1) is 0 Å². The molecule has 208 valence electrons. The number of halogens is 1. The highest BCUT2D eigenvalue weighted by atomic mass is 19.1. The van der Waals surface area contributed by atoms with E-state index in [1.807, 2.05) is 4.90 Å². The largest absolute Gasteiger partial charge is 0.511 e. The van der Waals surface area contributed by atoms with Gasteiger partial charge in [-0.2, -0.15) is 0 Å². The van der Waals surface area contributed by atoms with Crippen LogP contribution in [0.3, 0.4) is 0 Å². The summed E-state index contributed by atoms with van der Waals surface area (Å²) < 4.78 is 15.3. The van der Waals surface area contributed by atoms with E-state index in [2.05, 4.69) is 5.32 Å². The summed E-state index contributed by atoms with van der Waals surface area (Å²) in [4.78, 5) is 53.0. The Kier molecular flexibility index (Phi) is 6.71. The number of phenols is 1. The fourth-order valence-electron chi connectivity index (χ4n) is 6.42. The van der Waals surface area contributed by atoms with Crippen LogP contribution >= 0.6 is 0 Å². The molecule has 1 unspecified atom stereocenters. The number of allylic oxidation sites excluding steroid dienone is 2. The Morgan fingerprint density at radius 3 is 2.41 bits per heavy atom. The van der Waals surface area contributed by atoms with Crippen LogP contribution in [0.15, 0.2) is 28.7 Å². The molecule has 0 bridgehead atoms. The predicted octanol–water partition coefficient (Wildman–Crippen LogP) is 1.53. The zero-order valence-corrected chi connectivity index (χ0v) is 21.1. The maximum Gasteiger partial charge on any atom is 0.255 e. The lowest BCUT2D eigenvalue weighted by Gasteiger charge is -2.45. The second-order valence-corrected chi connectivity index (χ2v) is 10.8. The molecular formula is C27H30FN3O8. The Labute approximate surface area is 222 Å². The van der Waals surface area contributed by atoms with Crippen molar-refractivity contribution in [3.8, 4) is 5.75 Å². The number of hydrogen-bond donors (Lipinski definition) is 6. The van der Waals surface area contributed by atoms with E-state index < -0.39 is 80.6 Å². The van der Waals surface area contributed by atoms with Crippen molar-refractivity contribution in [2.24, 2.45) is 17.6 Å². The second kappa shape index (κ2) is 9.76. The minimum atomic E-state index is -2.71. The van der Waals surface area contributed by atoms with Crippen LogP contribution in [-0.2, 0) is 20.8 Å². The van der Waals surface area contributed by atoms with Crippen LogP contribution in [0.25, 0.3) is 0 Å². The number of carbonyl (C=O) groups excluding carboxylic acids is 4. The molecule has 1 saturated heterocycles. The van der Waals surface area contributed by atoms with Gasteiger partial charge in [0.05, 0.1) is 17.8 Å². The number of primary amides is 1. The smallest absolute Gasteiger partial charge is 0.255 e. The van der Waals surface area contributed by atoms with Crippen molar-refractivity contribution in [2.75, 3.05) is 25.0 Å². The molecule has 7 N–H and O–H groups in total. The lowest BCUT2D eigenvalue weighted by atomic mass is 9.60. The van der Waals surface area contributed by atoms with E-state index in [0.717, 1.165) is 44.8 Å². The van der Waals surface area contributed by atoms with Gasteiger partial charge in [-0.3, -0.25) is 24.1 Å². The first-order valence-corrected chi connectivity index (χ1v) is 13.0. The number of nitrogens with two attached hydrogens (primary N) is 1. The van der Waals surface area contributed by atoms with E-state index in [4.69, 9.17) is 5.73 Å².